The van der Waals surface area contributed by atoms with Crippen LogP contribution in [0, 0.1) is 25.7 Å². The molecular formula is C18H26O. The van der Waals surface area contributed by atoms with E-state index in [4.69, 9.17) is 0 Å². The van der Waals surface area contributed by atoms with Gasteiger partial charge in [0.1, 0.15) is 5.78 Å². The Labute approximate surface area is 117 Å². The summed E-state index contributed by atoms with van der Waals surface area (Å²) in [7, 11) is 0. The molecule has 1 aliphatic rings. The van der Waals surface area contributed by atoms with Crippen LogP contribution in [-0.4, -0.2) is 5.78 Å². The third kappa shape index (κ3) is 3.68. The molecule has 19 heavy (non-hydrogen) atoms. The highest BCUT2D eigenvalue weighted by Gasteiger charge is 2.28. The molecule has 104 valence electrons. The molecule has 2 atom stereocenters. The molecule has 1 saturated carbocycles. The summed E-state index contributed by atoms with van der Waals surface area (Å²) in [5.74, 6) is 1.54. The largest absolute Gasteiger partial charge is 0.299 e. The van der Waals surface area contributed by atoms with Crippen LogP contribution in [0.1, 0.15) is 55.7 Å². The first-order valence-corrected chi connectivity index (χ1v) is 7.69. The molecule has 0 aromatic heterocycles. The maximum atomic E-state index is 12.1. The normalized spacial score (nSPS) is 23.6. The summed E-state index contributed by atoms with van der Waals surface area (Å²) in [6, 6.07) is 6.59. The second-order valence-electron chi connectivity index (χ2n) is 6.23. The number of aryl methyl sites for hydroxylation is 2. The number of rotatable bonds is 4. The van der Waals surface area contributed by atoms with E-state index < -0.39 is 0 Å². The predicted molar refractivity (Wildman–Crippen MR) is 80.4 cm³/mol. The van der Waals surface area contributed by atoms with Gasteiger partial charge in [0.25, 0.3) is 0 Å². The molecule has 0 spiro atoms. The predicted octanol–water partition coefficient (Wildman–Crippen LogP) is 4.63. The van der Waals surface area contributed by atoms with E-state index in [9.17, 15) is 4.79 Å². The van der Waals surface area contributed by atoms with Crippen molar-refractivity contribution >= 4 is 5.78 Å². The van der Waals surface area contributed by atoms with Gasteiger partial charge in [0.15, 0.2) is 0 Å². The Morgan fingerprint density at radius 2 is 2.05 bits per heavy atom. The van der Waals surface area contributed by atoms with Crippen molar-refractivity contribution in [3.63, 3.8) is 0 Å². The highest BCUT2D eigenvalue weighted by molar-refractivity contribution is 5.82. The Morgan fingerprint density at radius 1 is 1.26 bits per heavy atom. The van der Waals surface area contributed by atoms with Crippen LogP contribution in [0.4, 0.5) is 0 Å². The molecule has 1 aromatic rings. The lowest BCUT2D eigenvalue weighted by molar-refractivity contribution is -0.125. The maximum absolute atomic E-state index is 12.1. The number of carbonyl (C=O) groups is 1. The lowest BCUT2D eigenvalue weighted by atomic mass is 9.76. The van der Waals surface area contributed by atoms with Crippen molar-refractivity contribution in [2.75, 3.05) is 0 Å². The molecular weight excluding hydrogens is 232 g/mol. The summed E-state index contributed by atoms with van der Waals surface area (Å²) in [4.78, 5) is 12.1. The summed E-state index contributed by atoms with van der Waals surface area (Å²) in [5.41, 5.74) is 4.00. The van der Waals surface area contributed by atoms with Gasteiger partial charge in [-0.3, -0.25) is 4.79 Å². The zero-order valence-electron chi connectivity index (χ0n) is 12.5. The van der Waals surface area contributed by atoms with Gasteiger partial charge in [0.05, 0.1) is 0 Å². The monoisotopic (exact) mass is 258 g/mol. The Hall–Kier alpha value is -1.11. The standard InChI is InChI=1S/C18H26O/c1-4-5-15-8-9-18(19)17(11-15)12-16-10-13(2)6-7-14(16)3/h6-7,10,15,17H,4-5,8-9,11-12H2,1-3H3. The minimum absolute atomic E-state index is 0.269. The Morgan fingerprint density at radius 3 is 2.79 bits per heavy atom. The van der Waals surface area contributed by atoms with E-state index in [1.807, 2.05) is 0 Å². The molecule has 1 aliphatic carbocycles. The van der Waals surface area contributed by atoms with Crippen molar-refractivity contribution in [1.82, 2.24) is 0 Å². The number of ketones is 1. The van der Waals surface area contributed by atoms with Crippen molar-refractivity contribution in [3.8, 4) is 0 Å². The SMILES string of the molecule is CCCC1CCC(=O)C(Cc2cc(C)ccc2C)C1. The lowest BCUT2D eigenvalue weighted by Gasteiger charge is -2.28. The summed E-state index contributed by atoms with van der Waals surface area (Å²) < 4.78 is 0. The second-order valence-corrected chi connectivity index (χ2v) is 6.23. The smallest absolute Gasteiger partial charge is 0.136 e. The summed E-state index contributed by atoms with van der Waals surface area (Å²) in [5, 5.41) is 0. The fraction of sp³-hybridized carbons (Fsp3) is 0.611. The van der Waals surface area contributed by atoms with Crippen LogP contribution in [0.25, 0.3) is 0 Å². The van der Waals surface area contributed by atoms with Gasteiger partial charge in [-0.2, -0.15) is 0 Å². The Balaban J connectivity index is 2.07. The van der Waals surface area contributed by atoms with Crippen molar-refractivity contribution in [2.45, 2.75) is 59.3 Å². The van der Waals surface area contributed by atoms with E-state index in [0.717, 1.165) is 31.6 Å². The van der Waals surface area contributed by atoms with Crippen LogP contribution in [0.3, 0.4) is 0 Å². The van der Waals surface area contributed by atoms with Crippen LogP contribution in [0.5, 0.6) is 0 Å². The molecule has 1 fully saturated rings. The molecule has 0 radical (unpaired) electrons. The fourth-order valence-corrected chi connectivity index (χ4v) is 3.36. The third-order valence-electron chi connectivity index (χ3n) is 4.54. The molecule has 1 heteroatoms. The number of carbonyl (C=O) groups excluding carboxylic acids is 1. The van der Waals surface area contributed by atoms with Gasteiger partial charge < -0.3 is 0 Å². The first kappa shape index (κ1) is 14.3. The zero-order chi connectivity index (χ0) is 13.8. The van der Waals surface area contributed by atoms with Crippen LogP contribution >= 0.6 is 0 Å². The van der Waals surface area contributed by atoms with Gasteiger partial charge in [0.2, 0.25) is 0 Å². The van der Waals surface area contributed by atoms with Crippen molar-refractivity contribution < 1.29 is 4.79 Å². The fourth-order valence-electron chi connectivity index (χ4n) is 3.36. The highest BCUT2D eigenvalue weighted by Crippen LogP contribution is 2.32. The van der Waals surface area contributed by atoms with Crippen LogP contribution < -0.4 is 0 Å². The molecule has 2 rings (SSSR count). The van der Waals surface area contributed by atoms with E-state index in [-0.39, 0.29) is 5.92 Å². The average Bonchev–Trinajstić information content (AvgIpc) is 2.38. The van der Waals surface area contributed by atoms with Gasteiger partial charge in [-0.1, -0.05) is 43.5 Å². The van der Waals surface area contributed by atoms with Gasteiger partial charge >= 0.3 is 0 Å². The van der Waals surface area contributed by atoms with E-state index in [0.29, 0.717) is 5.78 Å². The van der Waals surface area contributed by atoms with Crippen molar-refractivity contribution in [1.29, 1.82) is 0 Å². The van der Waals surface area contributed by atoms with Gasteiger partial charge in [-0.15, -0.1) is 0 Å². The molecule has 0 N–H and O–H groups in total. The lowest BCUT2D eigenvalue weighted by Crippen LogP contribution is -2.26. The molecule has 0 heterocycles. The highest BCUT2D eigenvalue weighted by atomic mass is 16.1. The van der Waals surface area contributed by atoms with Crippen LogP contribution in [-0.2, 0) is 11.2 Å². The van der Waals surface area contributed by atoms with Crippen molar-refractivity contribution in [3.05, 3.63) is 34.9 Å². The molecule has 1 aromatic carbocycles. The Kier molecular flexibility index (Phi) is 4.79. The summed E-state index contributed by atoms with van der Waals surface area (Å²) in [6.45, 7) is 6.53. The minimum Gasteiger partial charge on any atom is -0.299 e. The van der Waals surface area contributed by atoms with Gasteiger partial charge in [0, 0.05) is 12.3 Å². The van der Waals surface area contributed by atoms with E-state index in [1.54, 1.807) is 0 Å². The molecule has 0 amide bonds. The number of hydrogen-bond acceptors (Lipinski definition) is 1. The zero-order valence-corrected chi connectivity index (χ0v) is 12.5. The third-order valence-corrected chi connectivity index (χ3v) is 4.54. The van der Waals surface area contributed by atoms with Gasteiger partial charge in [-0.05, 0) is 50.2 Å². The van der Waals surface area contributed by atoms with E-state index >= 15 is 0 Å². The minimum atomic E-state index is 0.269. The first-order valence-electron chi connectivity index (χ1n) is 7.69. The summed E-state index contributed by atoms with van der Waals surface area (Å²) >= 11 is 0. The Bertz CT molecular complexity index is 447. The van der Waals surface area contributed by atoms with Crippen LogP contribution in [0.2, 0.25) is 0 Å². The first-order chi connectivity index (χ1) is 9.10. The average molecular weight is 258 g/mol. The van der Waals surface area contributed by atoms with E-state index in [1.165, 1.54) is 29.5 Å². The number of benzene rings is 1. The molecule has 0 saturated heterocycles. The van der Waals surface area contributed by atoms with Crippen LogP contribution in [0.15, 0.2) is 18.2 Å². The molecule has 0 bridgehead atoms. The maximum Gasteiger partial charge on any atom is 0.136 e. The number of Topliss-reactive ketones (excluding diaryl/α,β-unsaturated/α-hetero) is 1. The number of hydrogen-bond donors (Lipinski definition) is 0. The van der Waals surface area contributed by atoms with Gasteiger partial charge in [-0.25, -0.2) is 0 Å². The topological polar surface area (TPSA) is 17.1 Å². The molecule has 2 unspecified atom stereocenters. The molecule has 0 aliphatic heterocycles. The van der Waals surface area contributed by atoms with E-state index in [2.05, 4.69) is 39.0 Å². The summed E-state index contributed by atoms with van der Waals surface area (Å²) in [6.07, 6.45) is 6.52. The quantitative estimate of drug-likeness (QED) is 0.769. The van der Waals surface area contributed by atoms with Crippen molar-refractivity contribution in [2.24, 2.45) is 11.8 Å². The molecule has 1 nitrogen and oxygen atoms in total. The second kappa shape index (κ2) is 6.36.